The number of carbonyl (C=O) groups is 1. The van der Waals surface area contributed by atoms with E-state index in [1.165, 1.54) is 12.4 Å². The van der Waals surface area contributed by atoms with E-state index in [0.29, 0.717) is 18.9 Å². The molecule has 8 heteroatoms. The van der Waals surface area contributed by atoms with Gasteiger partial charge in [-0.15, -0.1) is 0 Å². The van der Waals surface area contributed by atoms with Crippen molar-refractivity contribution in [2.24, 2.45) is 7.05 Å². The molecule has 1 aliphatic heterocycles. The molecule has 0 bridgehead atoms. The fourth-order valence-electron chi connectivity index (χ4n) is 4.59. The number of anilines is 1. The molecule has 4 aromatic rings. The molecule has 1 atom stereocenters. The number of aryl methyl sites for hydroxylation is 1. The lowest BCUT2D eigenvalue weighted by molar-refractivity contribution is -0.125. The summed E-state index contributed by atoms with van der Waals surface area (Å²) in [6.45, 7) is 4.96. The summed E-state index contributed by atoms with van der Waals surface area (Å²) in [5.74, 6) is 1.41. The van der Waals surface area contributed by atoms with Crippen LogP contribution in [-0.2, 0) is 11.8 Å². The fraction of sp³-hybridized carbons (Fsp3) is 0.217. The average Bonchev–Trinajstić information content (AvgIpc) is 3.54. The van der Waals surface area contributed by atoms with Gasteiger partial charge in [0.2, 0.25) is 5.91 Å². The van der Waals surface area contributed by atoms with Crippen LogP contribution in [0.3, 0.4) is 0 Å². The molecule has 0 saturated carbocycles. The first-order valence-electron chi connectivity index (χ1n) is 10.2. The standard InChI is InChI=1S/C23H23N7O/c1-3-17(31)30-11-8-16(12-30)20-18(19-21(24)27-13-28-23(19)29(20)2)14-4-6-15(7-5-14)22-25-9-10-26-22/h3-7,9-10,13,16H,1,8,11-12H2,2H3,(H,25,26)(H2,24,27,28). The van der Waals surface area contributed by atoms with Gasteiger partial charge in [-0.05, 0) is 18.1 Å². The number of likely N-dealkylation sites (tertiary alicyclic amines) is 1. The lowest BCUT2D eigenvalue weighted by atomic mass is 9.94. The topological polar surface area (TPSA) is 106 Å². The van der Waals surface area contributed by atoms with Gasteiger partial charge in [-0.3, -0.25) is 4.79 Å². The first-order chi connectivity index (χ1) is 15.1. The highest BCUT2D eigenvalue weighted by atomic mass is 16.2. The molecule has 31 heavy (non-hydrogen) atoms. The Hall–Kier alpha value is -3.94. The molecule has 3 N–H and O–H groups in total. The lowest BCUT2D eigenvalue weighted by Gasteiger charge is -2.17. The summed E-state index contributed by atoms with van der Waals surface area (Å²) >= 11 is 0. The van der Waals surface area contributed by atoms with Crippen molar-refractivity contribution >= 4 is 22.8 Å². The highest BCUT2D eigenvalue weighted by Crippen LogP contribution is 2.42. The molecular formula is C23H23N7O. The van der Waals surface area contributed by atoms with E-state index in [2.05, 4.69) is 43.2 Å². The highest BCUT2D eigenvalue weighted by molar-refractivity contribution is 6.02. The molecule has 5 rings (SSSR count). The Labute approximate surface area is 179 Å². The lowest BCUT2D eigenvalue weighted by Crippen LogP contribution is -2.26. The van der Waals surface area contributed by atoms with Crippen LogP contribution in [0.2, 0.25) is 0 Å². The van der Waals surface area contributed by atoms with Crippen molar-refractivity contribution in [2.75, 3.05) is 18.8 Å². The highest BCUT2D eigenvalue weighted by Gasteiger charge is 2.32. The molecule has 0 spiro atoms. The van der Waals surface area contributed by atoms with Crippen LogP contribution >= 0.6 is 0 Å². The maximum atomic E-state index is 12.2. The number of aromatic nitrogens is 5. The molecule has 3 aromatic heterocycles. The van der Waals surface area contributed by atoms with Crippen molar-refractivity contribution < 1.29 is 4.79 Å². The monoisotopic (exact) mass is 413 g/mol. The van der Waals surface area contributed by atoms with Crippen LogP contribution in [0.15, 0.2) is 55.6 Å². The number of hydrogen-bond acceptors (Lipinski definition) is 5. The Bertz CT molecular complexity index is 1270. The molecule has 1 aliphatic rings. The maximum absolute atomic E-state index is 12.2. The minimum absolute atomic E-state index is 0.0371. The Morgan fingerprint density at radius 1 is 1.23 bits per heavy atom. The summed E-state index contributed by atoms with van der Waals surface area (Å²) in [6, 6.07) is 8.23. The number of aromatic amines is 1. The van der Waals surface area contributed by atoms with E-state index in [1.807, 2.05) is 24.1 Å². The molecule has 1 fully saturated rings. The smallest absolute Gasteiger partial charge is 0.245 e. The third-order valence-corrected chi connectivity index (χ3v) is 6.05. The number of nitrogens with two attached hydrogens (primary N) is 1. The third kappa shape index (κ3) is 3.07. The van der Waals surface area contributed by atoms with Crippen LogP contribution in [0.4, 0.5) is 5.82 Å². The van der Waals surface area contributed by atoms with Crippen LogP contribution in [0.25, 0.3) is 33.5 Å². The van der Waals surface area contributed by atoms with Crippen LogP contribution in [0, 0.1) is 0 Å². The molecule has 1 unspecified atom stereocenters. The Morgan fingerprint density at radius 2 is 2.00 bits per heavy atom. The maximum Gasteiger partial charge on any atom is 0.245 e. The van der Waals surface area contributed by atoms with Crippen molar-refractivity contribution in [1.29, 1.82) is 0 Å². The average molecular weight is 413 g/mol. The second kappa shape index (κ2) is 7.39. The third-order valence-electron chi connectivity index (χ3n) is 6.05. The number of nitrogens with one attached hydrogen (secondary N) is 1. The van der Waals surface area contributed by atoms with Crippen LogP contribution in [-0.4, -0.2) is 48.4 Å². The summed E-state index contributed by atoms with van der Waals surface area (Å²) in [5, 5.41) is 0.847. The fourth-order valence-corrected chi connectivity index (χ4v) is 4.59. The van der Waals surface area contributed by atoms with Gasteiger partial charge >= 0.3 is 0 Å². The Balaban J connectivity index is 1.66. The molecular weight excluding hydrogens is 390 g/mol. The zero-order valence-electron chi connectivity index (χ0n) is 17.2. The number of amides is 1. The van der Waals surface area contributed by atoms with Crippen molar-refractivity contribution in [3.05, 3.63) is 61.3 Å². The quantitative estimate of drug-likeness (QED) is 0.500. The molecule has 156 valence electrons. The van der Waals surface area contributed by atoms with Crippen LogP contribution in [0.1, 0.15) is 18.0 Å². The van der Waals surface area contributed by atoms with E-state index in [-0.39, 0.29) is 11.8 Å². The SMILES string of the molecule is C=CC(=O)N1CCC(c2c(-c3ccc(-c4ncc[nH]4)cc3)c3c(N)ncnc3n2C)C1. The van der Waals surface area contributed by atoms with Crippen LogP contribution in [0.5, 0.6) is 0 Å². The van der Waals surface area contributed by atoms with Gasteiger partial charge in [0.1, 0.15) is 23.6 Å². The second-order valence-corrected chi connectivity index (χ2v) is 7.77. The van der Waals surface area contributed by atoms with Crippen molar-refractivity contribution in [2.45, 2.75) is 12.3 Å². The minimum Gasteiger partial charge on any atom is -0.383 e. The first-order valence-corrected chi connectivity index (χ1v) is 10.2. The summed E-state index contributed by atoms with van der Waals surface area (Å²) in [6.07, 6.45) is 7.28. The molecule has 0 radical (unpaired) electrons. The predicted molar refractivity (Wildman–Crippen MR) is 120 cm³/mol. The van der Waals surface area contributed by atoms with E-state index in [4.69, 9.17) is 5.73 Å². The number of hydrogen-bond donors (Lipinski definition) is 2. The largest absolute Gasteiger partial charge is 0.383 e. The van der Waals surface area contributed by atoms with E-state index in [1.54, 1.807) is 12.4 Å². The van der Waals surface area contributed by atoms with E-state index < -0.39 is 0 Å². The van der Waals surface area contributed by atoms with Gasteiger partial charge in [0.15, 0.2) is 0 Å². The summed E-state index contributed by atoms with van der Waals surface area (Å²) in [7, 11) is 2.00. The van der Waals surface area contributed by atoms with E-state index >= 15 is 0 Å². The van der Waals surface area contributed by atoms with Gasteiger partial charge in [0.25, 0.3) is 0 Å². The Kier molecular flexibility index (Phi) is 4.54. The van der Waals surface area contributed by atoms with Gasteiger partial charge in [0, 0.05) is 55.3 Å². The van der Waals surface area contributed by atoms with Gasteiger partial charge < -0.3 is 20.2 Å². The summed E-state index contributed by atoms with van der Waals surface area (Å²) in [4.78, 5) is 30.2. The van der Waals surface area contributed by atoms with E-state index in [0.717, 1.165) is 45.7 Å². The van der Waals surface area contributed by atoms with Crippen molar-refractivity contribution in [1.82, 2.24) is 29.4 Å². The molecule has 1 saturated heterocycles. The van der Waals surface area contributed by atoms with E-state index in [9.17, 15) is 4.79 Å². The van der Waals surface area contributed by atoms with Gasteiger partial charge in [-0.2, -0.15) is 0 Å². The number of nitrogens with zero attached hydrogens (tertiary/aromatic N) is 5. The van der Waals surface area contributed by atoms with Gasteiger partial charge in [-0.1, -0.05) is 30.8 Å². The number of nitrogen functional groups attached to an aromatic ring is 1. The van der Waals surface area contributed by atoms with Gasteiger partial charge in [-0.25, -0.2) is 15.0 Å². The second-order valence-electron chi connectivity index (χ2n) is 7.77. The molecule has 0 aliphatic carbocycles. The number of imidazole rings is 1. The number of benzene rings is 1. The summed E-state index contributed by atoms with van der Waals surface area (Å²) in [5.41, 5.74) is 11.3. The molecule has 1 amide bonds. The number of rotatable bonds is 4. The number of H-pyrrole nitrogens is 1. The van der Waals surface area contributed by atoms with Crippen LogP contribution < -0.4 is 5.73 Å². The van der Waals surface area contributed by atoms with Gasteiger partial charge in [0.05, 0.1) is 5.39 Å². The molecule has 1 aromatic carbocycles. The molecule has 4 heterocycles. The zero-order valence-corrected chi connectivity index (χ0v) is 17.2. The first kappa shape index (κ1) is 19.0. The molecule has 8 nitrogen and oxygen atoms in total. The predicted octanol–water partition coefficient (Wildman–Crippen LogP) is 3.11. The van der Waals surface area contributed by atoms with Crippen molar-refractivity contribution in [3.63, 3.8) is 0 Å². The number of fused-ring (bicyclic) bond motifs is 1. The minimum atomic E-state index is -0.0371. The van der Waals surface area contributed by atoms with Crippen molar-refractivity contribution in [3.8, 4) is 22.5 Å². The normalized spacial score (nSPS) is 16.2. The Morgan fingerprint density at radius 3 is 2.71 bits per heavy atom. The number of carbonyl (C=O) groups excluding carboxylic acids is 1. The zero-order chi connectivity index (χ0) is 21.5. The summed E-state index contributed by atoms with van der Waals surface area (Å²) < 4.78 is 2.09.